The number of nitro groups is 1. The number of nitro benzene ring substituents is 1. The summed E-state index contributed by atoms with van der Waals surface area (Å²) >= 11 is 0. The van der Waals surface area contributed by atoms with Crippen LogP contribution in [0.4, 0.5) is 21.9 Å². The molecule has 0 saturated carbocycles. The van der Waals surface area contributed by atoms with Crippen molar-refractivity contribution >= 4 is 29.0 Å². The van der Waals surface area contributed by atoms with Crippen LogP contribution in [0.15, 0.2) is 66.7 Å². The Labute approximate surface area is 179 Å². The normalized spacial score (nSPS) is 10.3. The number of rotatable bonds is 6. The molecule has 158 valence electrons. The fourth-order valence-electron chi connectivity index (χ4n) is 3.12. The summed E-state index contributed by atoms with van der Waals surface area (Å²) in [6.07, 6.45) is 0. The van der Waals surface area contributed by atoms with Crippen molar-refractivity contribution in [2.24, 2.45) is 0 Å². The molecular weight excluding hydrogens is 396 g/mol. The Hall–Kier alpha value is -4.20. The number of aryl methyl sites for hydroxylation is 1. The van der Waals surface area contributed by atoms with Gasteiger partial charge in [0.2, 0.25) is 0 Å². The van der Waals surface area contributed by atoms with Crippen LogP contribution in [-0.2, 0) is 6.54 Å². The van der Waals surface area contributed by atoms with Gasteiger partial charge in [-0.3, -0.25) is 14.9 Å². The molecule has 8 heteroatoms. The zero-order valence-electron chi connectivity index (χ0n) is 17.1. The second-order valence-corrected chi connectivity index (χ2v) is 7.04. The molecule has 0 bridgehead atoms. The third-order valence-corrected chi connectivity index (χ3v) is 4.66. The molecule has 0 atom stereocenters. The molecule has 0 radical (unpaired) electrons. The molecule has 0 fully saturated rings. The van der Waals surface area contributed by atoms with Gasteiger partial charge < -0.3 is 16.0 Å². The molecule has 31 heavy (non-hydrogen) atoms. The maximum atomic E-state index is 12.5. The highest BCUT2D eigenvalue weighted by Crippen LogP contribution is 2.21. The fraction of sp³-hybridized carbons (Fsp3) is 0.130. The van der Waals surface area contributed by atoms with Crippen LogP contribution < -0.4 is 16.0 Å². The van der Waals surface area contributed by atoms with Crippen LogP contribution >= 0.6 is 0 Å². The second kappa shape index (κ2) is 9.53. The summed E-state index contributed by atoms with van der Waals surface area (Å²) in [6.45, 7) is 3.69. The van der Waals surface area contributed by atoms with Gasteiger partial charge >= 0.3 is 6.03 Å². The molecule has 0 aromatic heterocycles. The lowest BCUT2D eigenvalue weighted by Gasteiger charge is -2.11. The second-order valence-electron chi connectivity index (χ2n) is 7.04. The van der Waals surface area contributed by atoms with E-state index in [1.807, 2.05) is 31.2 Å². The van der Waals surface area contributed by atoms with Crippen LogP contribution in [0, 0.1) is 24.0 Å². The van der Waals surface area contributed by atoms with E-state index < -0.39 is 10.8 Å². The van der Waals surface area contributed by atoms with Crippen molar-refractivity contribution in [2.75, 3.05) is 10.6 Å². The minimum absolute atomic E-state index is 0.0986. The van der Waals surface area contributed by atoms with Gasteiger partial charge in [0.1, 0.15) is 0 Å². The first-order chi connectivity index (χ1) is 14.8. The number of amides is 3. The largest absolute Gasteiger partial charge is 0.348 e. The van der Waals surface area contributed by atoms with E-state index in [1.54, 1.807) is 37.3 Å². The summed E-state index contributed by atoms with van der Waals surface area (Å²) in [4.78, 5) is 35.3. The first-order valence-corrected chi connectivity index (χ1v) is 9.59. The van der Waals surface area contributed by atoms with E-state index >= 15 is 0 Å². The minimum atomic E-state index is -0.511. The van der Waals surface area contributed by atoms with Crippen LogP contribution in [0.1, 0.15) is 27.0 Å². The molecule has 3 aromatic carbocycles. The lowest BCUT2D eigenvalue weighted by molar-refractivity contribution is -0.385. The Morgan fingerprint density at radius 2 is 1.55 bits per heavy atom. The molecule has 3 aromatic rings. The number of anilines is 2. The molecule has 0 spiro atoms. The third kappa shape index (κ3) is 5.66. The molecule has 0 aliphatic rings. The van der Waals surface area contributed by atoms with Gasteiger partial charge in [0.05, 0.1) is 4.92 Å². The highest BCUT2D eigenvalue weighted by Gasteiger charge is 2.17. The van der Waals surface area contributed by atoms with Crippen molar-refractivity contribution in [1.82, 2.24) is 5.32 Å². The third-order valence-electron chi connectivity index (χ3n) is 4.66. The quantitative estimate of drug-likeness (QED) is 0.395. The zero-order valence-corrected chi connectivity index (χ0v) is 17.1. The van der Waals surface area contributed by atoms with Crippen LogP contribution in [0.2, 0.25) is 0 Å². The molecule has 0 aliphatic carbocycles. The number of benzene rings is 3. The van der Waals surface area contributed by atoms with Gasteiger partial charge in [0, 0.05) is 35.1 Å². The van der Waals surface area contributed by atoms with Gasteiger partial charge in [0.15, 0.2) is 0 Å². The number of carbonyl (C=O) groups excluding carboxylic acids is 2. The number of nitrogens with one attached hydrogen (secondary N) is 3. The van der Waals surface area contributed by atoms with Crippen LogP contribution in [0.25, 0.3) is 0 Å². The van der Waals surface area contributed by atoms with Crippen molar-refractivity contribution in [2.45, 2.75) is 20.4 Å². The molecular formula is C23H22N4O4. The van der Waals surface area contributed by atoms with Crippen molar-refractivity contribution in [1.29, 1.82) is 0 Å². The smallest absolute Gasteiger partial charge is 0.323 e. The predicted octanol–water partition coefficient (Wildman–Crippen LogP) is 4.79. The highest BCUT2D eigenvalue weighted by molar-refractivity contribution is 6.00. The Morgan fingerprint density at radius 3 is 2.23 bits per heavy atom. The maximum Gasteiger partial charge on any atom is 0.323 e. The van der Waals surface area contributed by atoms with Gasteiger partial charge in [-0.15, -0.1) is 0 Å². The van der Waals surface area contributed by atoms with Gasteiger partial charge in [-0.2, -0.15) is 0 Å². The number of nitrogens with zero attached hydrogens (tertiary/aromatic N) is 1. The van der Waals surface area contributed by atoms with Crippen molar-refractivity contribution in [3.8, 4) is 0 Å². The van der Waals surface area contributed by atoms with Crippen molar-refractivity contribution < 1.29 is 14.5 Å². The van der Waals surface area contributed by atoms with E-state index in [4.69, 9.17) is 0 Å². The van der Waals surface area contributed by atoms with Crippen molar-refractivity contribution in [3.05, 3.63) is 99.1 Å². The highest BCUT2D eigenvalue weighted by atomic mass is 16.6. The molecule has 3 N–H and O–H groups in total. The summed E-state index contributed by atoms with van der Waals surface area (Å²) in [7, 11) is 0. The molecule has 3 amide bonds. The van der Waals surface area contributed by atoms with Crippen LogP contribution in [-0.4, -0.2) is 16.9 Å². The number of carbonyl (C=O) groups is 2. The lowest BCUT2D eigenvalue weighted by Crippen LogP contribution is -2.24. The average Bonchev–Trinajstić information content (AvgIpc) is 2.72. The summed E-state index contributed by atoms with van der Waals surface area (Å²) in [5.41, 5.74) is 3.53. The maximum absolute atomic E-state index is 12.5. The van der Waals surface area contributed by atoms with E-state index in [1.165, 1.54) is 12.1 Å². The summed E-state index contributed by atoms with van der Waals surface area (Å²) < 4.78 is 0. The Balaban J connectivity index is 1.62. The first-order valence-electron chi connectivity index (χ1n) is 9.59. The topological polar surface area (TPSA) is 113 Å². The lowest BCUT2D eigenvalue weighted by atomic mass is 10.1. The van der Waals surface area contributed by atoms with E-state index in [2.05, 4.69) is 16.0 Å². The monoisotopic (exact) mass is 418 g/mol. The number of hydrogen-bond donors (Lipinski definition) is 3. The van der Waals surface area contributed by atoms with E-state index in [0.717, 1.165) is 11.1 Å². The number of urea groups is 1. The molecule has 0 heterocycles. The predicted molar refractivity (Wildman–Crippen MR) is 119 cm³/mol. The number of hydrogen-bond acceptors (Lipinski definition) is 4. The molecule has 3 rings (SSSR count). The van der Waals surface area contributed by atoms with E-state index in [0.29, 0.717) is 16.9 Å². The Bertz CT molecular complexity index is 1140. The van der Waals surface area contributed by atoms with E-state index in [-0.39, 0.29) is 23.8 Å². The standard InChI is InChI=1S/C23H22N4O4/c1-15-6-3-8-18(12-15)25-23(29)26-19-9-4-7-17(13-19)14-24-22(28)20-10-5-11-21(16(20)2)27(30)31/h3-13H,14H2,1-2H3,(H,24,28)(H2,25,26,29). The van der Waals surface area contributed by atoms with E-state index in [9.17, 15) is 19.7 Å². The Kier molecular flexibility index (Phi) is 6.61. The van der Waals surface area contributed by atoms with Crippen molar-refractivity contribution in [3.63, 3.8) is 0 Å². The zero-order chi connectivity index (χ0) is 22.4. The van der Waals surface area contributed by atoms with Gasteiger partial charge in [-0.1, -0.05) is 30.3 Å². The van der Waals surface area contributed by atoms with Gasteiger partial charge in [-0.25, -0.2) is 4.79 Å². The summed E-state index contributed by atoms with van der Waals surface area (Å²) in [5.74, 6) is -0.406. The molecule has 0 saturated heterocycles. The van der Waals surface area contributed by atoms with Crippen LogP contribution in [0.5, 0.6) is 0 Å². The SMILES string of the molecule is Cc1cccc(NC(=O)Nc2cccc(CNC(=O)c3cccc([N+](=O)[O-])c3C)c2)c1. The van der Waals surface area contributed by atoms with Gasteiger partial charge in [0.25, 0.3) is 11.6 Å². The summed E-state index contributed by atoms with van der Waals surface area (Å²) in [5, 5.41) is 19.4. The molecule has 0 unspecified atom stereocenters. The first kappa shape index (κ1) is 21.5. The average molecular weight is 418 g/mol. The molecule has 0 aliphatic heterocycles. The minimum Gasteiger partial charge on any atom is -0.348 e. The van der Waals surface area contributed by atoms with Crippen LogP contribution in [0.3, 0.4) is 0 Å². The molecule has 8 nitrogen and oxygen atoms in total. The van der Waals surface area contributed by atoms with Gasteiger partial charge in [-0.05, 0) is 55.3 Å². The fourth-order valence-corrected chi connectivity index (χ4v) is 3.12. The Morgan fingerprint density at radius 1 is 0.903 bits per heavy atom. The summed E-state index contributed by atoms with van der Waals surface area (Å²) in [6, 6.07) is 18.5.